The van der Waals surface area contributed by atoms with Crippen molar-refractivity contribution >= 4 is 34.1 Å². The molecule has 118 valence electrons. The Hall–Kier alpha value is -2.20. The molecule has 1 unspecified atom stereocenters. The quantitative estimate of drug-likeness (QED) is 0.687. The van der Waals surface area contributed by atoms with Gasteiger partial charge >= 0.3 is 0 Å². The Labute approximate surface area is 140 Å². The smallest absolute Gasteiger partial charge is 0.237 e. The molecule has 0 saturated carbocycles. The van der Waals surface area contributed by atoms with Gasteiger partial charge in [-0.1, -0.05) is 43.3 Å². The molecule has 1 heterocycles. The predicted octanol–water partition coefficient (Wildman–Crippen LogP) is 5.08. The van der Waals surface area contributed by atoms with E-state index >= 15 is 0 Å². The molecule has 4 heteroatoms. The fourth-order valence-electron chi connectivity index (χ4n) is 2.50. The minimum absolute atomic E-state index is 0.0420. The third kappa shape index (κ3) is 3.77. The Morgan fingerprint density at radius 1 is 1.13 bits per heavy atom. The molecule has 1 amide bonds. The summed E-state index contributed by atoms with van der Waals surface area (Å²) in [7, 11) is 0. The van der Waals surface area contributed by atoms with Gasteiger partial charge in [-0.05, 0) is 30.0 Å². The van der Waals surface area contributed by atoms with Gasteiger partial charge < -0.3 is 9.73 Å². The fourth-order valence-corrected chi connectivity index (χ4v) is 3.48. The van der Waals surface area contributed by atoms with E-state index in [1.807, 2.05) is 61.5 Å². The first kappa shape index (κ1) is 15.7. The van der Waals surface area contributed by atoms with E-state index in [1.165, 1.54) is 0 Å². The molecule has 3 aromatic rings. The number of fused-ring (bicyclic) bond motifs is 1. The van der Waals surface area contributed by atoms with Crippen molar-refractivity contribution < 1.29 is 9.21 Å². The van der Waals surface area contributed by atoms with Crippen LogP contribution in [0.25, 0.3) is 10.8 Å². The second-order valence-corrected chi connectivity index (χ2v) is 6.49. The monoisotopic (exact) mass is 325 g/mol. The first-order valence-corrected chi connectivity index (χ1v) is 8.75. The number of furan rings is 1. The maximum absolute atomic E-state index is 12.6. The molecule has 23 heavy (non-hydrogen) atoms. The Morgan fingerprint density at radius 3 is 2.74 bits per heavy atom. The lowest BCUT2D eigenvalue weighted by Gasteiger charge is -2.15. The van der Waals surface area contributed by atoms with Crippen molar-refractivity contribution in [2.24, 2.45) is 0 Å². The first-order chi connectivity index (χ1) is 11.3. The standard InChI is InChI=1S/C19H19NO2S/c1-2-18(23-13-15-9-6-12-22-15)19(21)20-17-11-5-8-14-7-3-4-10-16(14)17/h3-12,18H,2,13H2,1H3,(H,20,21). The zero-order chi connectivity index (χ0) is 16.1. The van der Waals surface area contributed by atoms with E-state index in [4.69, 9.17) is 4.42 Å². The van der Waals surface area contributed by atoms with Crippen LogP contribution in [0.3, 0.4) is 0 Å². The summed E-state index contributed by atoms with van der Waals surface area (Å²) in [5.74, 6) is 1.64. The molecule has 0 aliphatic heterocycles. The van der Waals surface area contributed by atoms with Crippen molar-refractivity contribution in [1.82, 2.24) is 0 Å². The molecule has 0 bridgehead atoms. The molecule has 0 spiro atoms. The number of amides is 1. The van der Waals surface area contributed by atoms with E-state index in [1.54, 1.807) is 18.0 Å². The maximum Gasteiger partial charge on any atom is 0.237 e. The topological polar surface area (TPSA) is 42.2 Å². The van der Waals surface area contributed by atoms with Crippen molar-refractivity contribution in [2.45, 2.75) is 24.3 Å². The molecule has 0 fully saturated rings. The Balaban J connectivity index is 1.71. The van der Waals surface area contributed by atoms with Gasteiger partial charge in [0.05, 0.1) is 17.3 Å². The number of nitrogens with one attached hydrogen (secondary N) is 1. The summed E-state index contributed by atoms with van der Waals surface area (Å²) >= 11 is 1.61. The number of anilines is 1. The van der Waals surface area contributed by atoms with Gasteiger partial charge in [-0.25, -0.2) is 0 Å². The average molecular weight is 325 g/mol. The van der Waals surface area contributed by atoms with E-state index in [9.17, 15) is 4.79 Å². The van der Waals surface area contributed by atoms with E-state index < -0.39 is 0 Å². The third-order valence-electron chi connectivity index (χ3n) is 3.72. The van der Waals surface area contributed by atoms with Crippen LogP contribution in [0.15, 0.2) is 65.3 Å². The summed E-state index contributed by atoms with van der Waals surface area (Å²) in [6, 6.07) is 17.8. The highest BCUT2D eigenvalue weighted by Gasteiger charge is 2.18. The van der Waals surface area contributed by atoms with Crippen molar-refractivity contribution in [1.29, 1.82) is 0 Å². The molecule has 1 atom stereocenters. The number of benzene rings is 2. The van der Waals surface area contributed by atoms with Crippen LogP contribution < -0.4 is 5.32 Å². The summed E-state index contributed by atoms with van der Waals surface area (Å²) in [6.45, 7) is 2.03. The van der Waals surface area contributed by atoms with Crippen molar-refractivity contribution in [3.05, 3.63) is 66.6 Å². The lowest BCUT2D eigenvalue weighted by molar-refractivity contribution is -0.115. The van der Waals surface area contributed by atoms with Crippen LogP contribution in [0.2, 0.25) is 0 Å². The van der Waals surface area contributed by atoms with Crippen LogP contribution in [-0.4, -0.2) is 11.2 Å². The molecule has 3 nitrogen and oxygen atoms in total. The van der Waals surface area contributed by atoms with E-state index in [-0.39, 0.29) is 11.2 Å². The van der Waals surface area contributed by atoms with Crippen molar-refractivity contribution in [3.8, 4) is 0 Å². The Kier molecular flexibility index (Phi) is 5.03. The highest BCUT2D eigenvalue weighted by Crippen LogP contribution is 2.26. The maximum atomic E-state index is 12.6. The van der Waals surface area contributed by atoms with Gasteiger partial charge in [-0.3, -0.25) is 4.79 Å². The average Bonchev–Trinajstić information content (AvgIpc) is 3.09. The number of carbonyl (C=O) groups is 1. The van der Waals surface area contributed by atoms with Crippen molar-refractivity contribution in [3.63, 3.8) is 0 Å². The molecule has 0 radical (unpaired) electrons. The van der Waals surface area contributed by atoms with Crippen molar-refractivity contribution in [2.75, 3.05) is 5.32 Å². The molecule has 0 aliphatic carbocycles. The molecule has 0 saturated heterocycles. The van der Waals surface area contributed by atoms with Crippen LogP contribution in [0.1, 0.15) is 19.1 Å². The largest absolute Gasteiger partial charge is 0.468 e. The highest BCUT2D eigenvalue weighted by atomic mass is 32.2. The SMILES string of the molecule is CCC(SCc1ccco1)C(=O)Nc1cccc2ccccc12. The van der Waals surface area contributed by atoms with Gasteiger partial charge in [0.15, 0.2) is 0 Å². The third-order valence-corrected chi connectivity index (χ3v) is 5.12. The predicted molar refractivity (Wildman–Crippen MR) is 96.7 cm³/mol. The number of carbonyl (C=O) groups excluding carboxylic acids is 1. The van der Waals surface area contributed by atoms with Gasteiger partial charge in [0, 0.05) is 11.1 Å². The highest BCUT2D eigenvalue weighted by molar-refractivity contribution is 7.99. The molecule has 3 rings (SSSR count). The normalized spacial score (nSPS) is 12.2. The molecule has 1 N–H and O–H groups in total. The second kappa shape index (κ2) is 7.38. The molecule has 1 aromatic heterocycles. The number of hydrogen-bond acceptors (Lipinski definition) is 3. The van der Waals surface area contributed by atoms with E-state index in [0.717, 1.165) is 28.6 Å². The summed E-state index contributed by atoms with van der Waals surface area (Å²) in [6.07, 6.45) is 2.44. The number of rotatable bonds is 6. The minimum Gasteiger partial charge on any atom is -0.468 e. The summed E-state index contributed by atoms with van der Waals surface area (Å²) in [4.78, 5) is 12.6. The van der Waals surface area contributed by atoms with E-state index in [0.29, 0.717) is 5.75 Å². The van der Waals surface area contributed by atoms with Gasteiger partial charge in [0.1, 0.15) is 5.76 Å². The molecular weight excluding hydrogens is 306 g/mol. The Morgan fingerprint density at radius 2 is 1.96 bits per heavy atom. The second-order valence-electron chi connectivity index (χ2n) is 5.30. The van der Waals surface area contributed by atoms with Gasteiger partial charge in [-0.15, -0.1) is 11.8 Å². The van der Waals surface area contributed by atoms with Crippen LogP contribution in [0.5, 0.6) is 0 Å². The van der Waals surface area contributed by atoms with Gasteiger partial charge in [0.2, 0.25) is 5.91 Å². The zero-order valence-corrected chi connectivity index (χ0v) is 13.8. The summed E-state index contributed by atoms with van der Waals surface area (Å²) < 4.78 is 5.33. The Bertz CT molecular complexity index is 778. The first-order valence-electron chi connectivity index (χ1n) is 7.70. The van der Waals surface area contributed by atoms with E-state index in [2.05, 4.69) is 5.32 Å². The molecule has 2 aromatic carbocycles. The molecular formula is C19H19NO2S. The van der Waals surface area contributed by atoms with Crippen LogP contribution in [0, 0.1) is 0 Å². The van der Waals surface area contributed by atoms with Gasteiger partial charge in [-0.2, -0.15) is 0 Å². The minimum atomic E-state index is -0.0981. The summed E-state index contributed by atoms with van der Waals surface area (Å²) in [5.41, 5.74) is 0.866. The lowest BCUT2D eigenvalue weighted by atomic mass is 10.1. The van der Waals surface area contributed by atoms with Gasteiger partial charge in [0.25, 0.3) is 0 Å². The van der Waals surface area contributed by atoms with Crippen LogP contribution in [-0.2, 0) is 10.5 Å². The fraction of sp³-hybridized carbons (Fsp3) is 0.211. The lowest BCUT2D eigenvalue weighted by Crippen LogP contribution is -2.24. The van der Waals surface area contributed by atoms with Crippen LogP contribution >= 0.6 is 11.8 Å². The summed E-state index contributed by atoms with van der Waals surface area (Å²) in [5, 5.41) is 5.17. The zero-order valence-electron chi connectivity index (χ0n) is 13.0. The number of thioether (sulfide) groups is 1. The number of hydrogen-bond donors (Lipinski definition) is 1. The van der Waals surface area contributed by atoms with Crippen LogP contribution in [0.4, 0.5) is 5.69 Å². The molecule has 0 aliphatic rings.